The first-order valence-electron chi connectivity index (χ1n) is 6.63. The molecule has 3 N–H and O–H groups in total. The summed E-state index contributed by atoms with van der Waals surface area (Å²) in [6, 6.07) is 9.58. The van der Waals surface area contributed by atoms with Crippen molar-refractivity contribution in [2.45, 2.75) is 24.7 Å². The van der Waals surface area contributed by atoms with Crippen LogP contribution < -0.4 is 5.73 Å². The zero-order valence-corrected chi connectivity index (χ0v) is 12.7. The molecule has 0 spiro atoms. The number of nitrogens with two attached hydrogens (primary N) is 1. The molecule has 0 saturated carbocycles. The highest BCUT2D eigenvalue weighted by Gasteiger charge is 2.32. The lowest BCUT2D eigenvalue weighted by molar-refractivity contribution is -0.137. The Kier molecular flexibility index (Phi) is 6.56. The topological polar surface area (TPSA) is 46.2 Å². The van der Waals surface area contributed by atoms with Crippen molar-refractivity contribution in [3.8, 4) is 0 Å². The molecule has 2 atom stereocenters. The van der Waals surface area contributed by atoms with Crippen LogP contribution in [0.1, 0.15) is 22.7 Å². The summed E-state index contributed by atoms with van der Waals surface area (Å²) in [7, 11) is 0. The normalized spacial score (nSPS) is 14.0. The first-order chi connectivity index (χ1) is 10.3. The molecular formula is C16H16ClF4NO. The third kappa shape index (κ3) is 4.92. The van der Waals surface area contributed by atoms with Crippen molar-refractivity contribution in [1.82, 2.24) is 0 Å². The van der Waals surface area contributed by atoms with Crippen LogP contribution in [-0.4, -0.2) is 11.2 Å². The maximum atomic E-state index is 13.7. The molecule has 0 amide bonds. The van der Waals surface area contributed by atoms with E-state index in [2.05, 4.69) is 0 Å². The van der Waals surface area contributed by atoms with Crippen LogP contribution in [0.4, 0.5) is 17.6 Å². The highest BCUT2D eigenvalue weighted by molar-refractivity contribution is 5.85. The van der Waals surface area contributed by atoms with Gasteiger partial charge in [0.1, 0.15) is 5.82 Å². The Morgan fingerprint density at radius 1 is 1.04 bits per heavy atom. The largest absolute Gasteiger partial charge is 0.416 e. The maximum Gasteiger partial charge on any atom is 0.416 e. The number of benzene rings is 2. The van der Waals surface area contributed by atoms with Crippen LogP contribution in [0, 0.1) is 5.82 Å². The Hall–Kier alpha value is -1.63. The zero-order chi connectivity index (χ0) is 16.3. The number of hydrogen-bond acceptors (Lipinski definition) is 2. The molecule has 0 aliphatic carbocycles. The minimum Gasteiger partial charge on any atom is -0.391 e. The highest BCUT2D eigenvalue weighted by atomic mass is 35.5. The molecule has 0 unspecified atom stereocenters. The molecular weight excluding hydrogens is 334 g/mol. The molecule has 0 bridgehead atoms. The fourth-order valence-electron chi connectivity index (χ4n) is 2.17. The fraction of sp³-hybridized carbons (Fsp3) is 0.250. The maximum absolute atomic E-state index is 13.7. The van der Waals surface area contributed by atoms with E-state index < -0.39 is 29.7 Å². The smallest absolute Gasteiger partial charge is 0.391 e. The molecule has 2 rings (SSSR count). The van der Waals surface area contributed by atoms with Gasteiger partial charge in [-0.25, -0.2) is 4.39 Å². The molecule has 0 heterocycles. The Labute approximate surface area is 137 Å². The second-order valence-corrected chi connectivity index (χ2v) is 5.02. The van der Waals surface area contributed by atoms with Crippen LogP contribution in [0.15, 0.2) is 48.5 Å². The van der Waals surface area contributed by atoms with Crippen molar-refractivity contribution in [2.24, 2.45) is 5.73 Å². The van der Waals surface area contributed by atoms with Gasteiger partial charge >= 0.3 is 6.18 Å². The number of halogens is 5. The SMILES string of the molecule is Cl.N[C@@H](c1cc(C(F)(F)F)ccc1F)[C@H](O)Cc1ccccc1. The molecule has 0 radical (unpaired) electrons. The second-order valence-electron chi connectivity index (χ2n) is 5.02. The van der Waals surface area contributed by atoms with E-state index in [-0.39, 0.29) is 24.4 Å². The lowest BCUT2D eigenvalue weighted by Gasteiger charge is -2.21. The van der Waals surface area contributed by atoms with Gasteiger partial charge in [-0.05, 0) is 23.8 Å². The van der Waals surface area contributed by atoms with Gasteiger partial charge in [0.2, 0.25) is 0 Å². The van der Waals surface area contributed by atoms with Gasteiger partial charge in [-0.15, -0.1) is 12.4 Å². The van der Waals surface area contributed by atoms with E-state index in [1.165, 1.54) is 0 Å². The van der Waals surface area contributed by atoms with E-state index in [0.717, 1.165) is 5.56 Å². The predicted octanol–water partition coefficient (Wildman–Crippen LogP) is 3.87. The Balaban J connectivity index is 0.00000264. The summed E-state index contributed by atoms with van der Waals surface area (Å²) in [5.74, 6) is -0.868. The average Bonchev–Trinajstić information content (AvgIpc) is 2.46. The molecule has 23 heavy (non-hydrogen) atoms. The van der Waals surface area contributed by atoms with Gasteiger partial charge in [-0.3, -0.25) is 0 Å². The van der Waals surface area contributed by atoms with Crippen molar-refractivity contribution in [3.05, 3.63) is 71.0 Å². The Morgan fingerprint density at radius 3 is 2.22 bits per heavy atom. The molecule has 7 heteroatoms. The fourth-order valence-corrected chi connectivity index (χ4v) is 2.17. The van der Waals surface area contributed by atoms with Crippen molar-refractivity contribution in [2.75, 3.05) is 0 Å². The quantitative estimate of drug-likeness (QED) is 0.823. The van der Waals surface area contributed by atoms with E-state index >= 15 is 0 Å². The minimum absolute atomic E-state index is 0. The van der Waals surface area contributed by atoms with Gasteiger partial charge in [0.15, 0.2) is 0 Å². The number of aliphatic hydroxyl groups is 1. The summed E-state index contributed by atoms with van der Waals surface area (Å²) >= 11 is 0. The first kappa shape index (κ1) is 19.4. The van der Waals surface area contributed by atoms with Crippen LogP contribution in [0.3, 0.4) is 0 Å². The van der Waals surface area contributed by atoms with Crippen LogP contribution >= 0.6 is 12.4 Å². The number of aliphatic hydroxyl groups excluding tert-OH is 1. The van der Waals surface area contributed by atoms with Crippen LogP contribution in [0.5, 0.6) is 0 Å². The number of hydrogen-bond donors (Lipinski definition) is 2. The molecule has 0 fully saturated rings. The summed E-state index contributed by atoms with van der Waals surface area (Å²) in [5, 5.41) is 10.1. The van der Waals surface area contributed by atoms with Gasteiger partial charge < -0.3 is 10.8 Å². The molecule has 0 aliphatic heterocycles. The monoisotopic (exact) mass is 349 g/mol. The molecule has 2 aromatic carbocycles. The van der Waals surface area contributed by atoms with Crippen LogP contribution in [0.2, 0.25) is 0 Å². The average molecular weight is 350 g/mol. The standard InChI is InChI=1S/C16H15F4NO.ClH/c17-13-7-6-11(16(18,19)20)9-12(13)15(21)14(22)8-10-4-2-1-3-5-10;/h1-7,9,14-15,22H,8,21H2;1H/t14-,15+;/m1./s1. The Morgan fingerprint density at radius 2 is 1.65 bits per heavy atom. The van der Waals surface area contributed by atoms with E-state index in [9.17, 15) is 22.7 Å². The van der Waals surface area contributed by atoms with Gasteiger partial charge in [-0.2, -0.15) is 13.2 Å². The van der Waals surface area contributed by atoms with E-state index in [4.69, 9.17) is 5.73 Å². The number of alkyl halides is 3. The molecule has 0 aliphatic rings. The third-order valence-corrected chi connectivity index (χ3v) is 3.38. The van der Waals surface area contributed by atoms with Gasteiger partial charge in [-0.1, -0.05) is 30.3 Å². The van der Waals surface area contributed by atoms with E-state index in [1.54, 1.807) is 30.3 Å². The Bertz CT molecular complexity index is 634. The lowest BCUT2D eigenvalue weighted by atomic mass is 9.95. The van der Waals surface area contributed by atoms with E-state index in [0.29, 0.717) is 18.2 Å². The molecule has 2 nitrogen and oxygen atoms in total. The second kappa shape index (κ2) is 7.77. The molecule has 2 aromatic rings. The summed E-state index contributed by atoms with van der Waals surface area (Å²) in [6.07, 6.45) is -5.66. The van der Waals surface area contributed by atoms with Crippen molar-refractivity contribution in [3.63, 3.8) is 0 Å². The van der Waals surface area contributed by atoms with Gasteiger partial charge in [0.05, 0.1) is 17.7 Å². The van der Waals surface area contributed by atoms with Crippen molar-refractivity contribution >= 4 is 12.4 Å². The molecule has 126 valence electrons. The summed E-state index contributed by atoms with van der Waals surface area (Å²) in [6.45, 7) is 0. The summed E-state index contributed by atoms with van der Waals surface area (Å²) < 4.78 is 51.8. The zero-order valence-electron chi connectivity index (χ0n) is 11.9. The summed E-state index contributed by atoms with van der Waals surface area (Å²) in [5.41, 5.74) is 5.16. The molecule has 0 aromatic heterocycles. The summed E-state index contributed by atoms with van der Waals surface area (Å²) in [4.78, 5) is 0. The number of rotatable bonds is 4. The molecule has 0 saturated heterocycles. The van der Waals surface area contributed by atoms with Crippen LogP contribution in [-0.2, 0) is 12.6 Å². The van der Waals surface area contributed by atoms with Gasteiger partial charge in [0.25, 0.3) is 0 Å². The van der Waals surface area contributed by atoms with Crippen molar-refractivity contribution < 1.29 is 22.7 Å². The predicted molar refractivity (Wildman–Crippen MR) is 81.7 cm³/mol. The van der Waals surface area contributed by atoms with Crippen molar-refractivity contribution in [1.29, 1.82) is 0 Å². The first-order valence-corrected chi connectivity index (χ1v) is 6.63. The van der Waals surface area contributed by atoms with Gasteiger partial charge in [0, 0.05) is 12.0 Å². The third-order valence-electron chi connectivity index (χ3n) is 3.38. The van der Waals surface area contributed by atoms with Crippen LogP contribution in [0.25, 0.3) is 0 Å². The highest BCUT2D eigenvalue weighted by Crippen LogP contribution is 2.32. The minimum atomic E-state index is -4.59. The lowest BCUT2D eigenvalue weighted by Crippen LogP contribution is -2.29. The van der Waals surface area contributed by atoms with E-state index in [1.807, 2.05) is 0 Å².